The number of esters is 1. The fraction of sp³-hybridized carbons (Fsp3) is 0.767. The molecule has 10 atom stereocenters. The van der Waals surface area contributed by atoms with Gasteiger partial charge in [-0.05, 0) is 81.1 Å². The smallest absolute Gasteiger partial charge is 0.323 e. The minimum atomic E-state index is -2.27. The lowest BCUT2D eigenvalue weighted by atomic mass is 9.43. The molecule has 0 amide bonds. The van der Waals surface area contributed by atoms with Gasteiger partial charge in [0, 0.05) is 17.9 Å². The molecule has 0 aromatic carbocycles. The molecule has 216 valence electrons. The number of halogens is 2. The van der Waals surface area contributed by atoms with E-state index in [1.54, 1.807) is 13.8 Å². The van der Waals surface area contributed by atoms with Gasteiger partial charge in [-0.25, -0.2) is 8.78 Å². The third-order valence-electron chi connectivity index (χ3n) is 11.4. The monoisotopic (exact) mass is 549 g/mol. The number of likely N-dealkylation sites (tertiary alicyclic amines) is 1. The first-order chi connectivity index (χ1) is 18.4. The molecule has 0 spiro atoms. The van der Waals surface area contributed by atoms with E-state index in [0.29, 0.717) is 6.54 Å². The summed E-state index contributed by atoms with van der Waals surface area (Å²) in [5.41, 5.74) is -5.96. The van der Waals surface area contributed by atoms with Crippen molar-refractivity contribution < 1.29 is 38.1 Å². The summed E-state index contributed by atoms with van der Waals surface area (Å²) in [6.45, 7) is 7.35. The van der Waals surface area contributed by atoms with E-state index in [-0.39, 0.29) is 38.0 Å². The second-order valence-electron chi connectivity index (χ2n) is 12.8. The molecule has 5 aliphatic rings. The summed E-state index contributed by atoms with van der Waals surface area (Å²) in [7, 11) is 0. The molecule has 4 aliphatic carbocycles. The molecule has 5 rings (SSSR count). The molecule has 1 unspecified atom stereocenters. The number of rotatable bonds is 7. The number of alkyl halides is 2. The van der Waals surface area contributed by atoms with Crippen LogP contribution in [0.4, 0.5) is 8.78 Å². The van der Waals surface area contributed by atoms with Crippen LogP contribution in [0.3, 0.4) is 0 Å². The average Bonchev–Trinajstić information content (AvgIpc) is 3.35. The van der Waals surface area contributed by atoms with E-state index >= 15 is 8.78 Å². The SMILES string of the molecule is CCCCN1C[C@]2(C(=O)CO)[C@@H](C[C@H]3[C@@H]4C[C@H](F)C5=CC(=O)C=C[C@]5(C)[C@@]4(F)[C@@H](O)C[C@@]32C)C1C(=O)OCC. The molecule has 9 heteroatoms. The second kappa shape index (κ2) is 9.55. The zero-order chi connectivity index (χ0) is 28.5. The van der Waals surface area contributed by atoms with Crippen molar-refractivity contribution >= 4 is 17.5 Å². The highest BCUT2D eigenvalue weighted by atomic mass is 19.1. The molecule has 0 radical (unpaired) electrons. The molecule has 1 aliphatic heterocycles. The number of nitrogens with zero attached hydrogens (tertiary/aromatic N) is 1. The number of carbonyl (C=O) groups is 3. The maximum absolute atomic E-state index is 17.6. The summed E-state index contributed by atoms with van der Waals surface area (Å²) in [4.78, 5) is 41.3. The number of hydrogen-bond acceptors (Lipinski definition) is 7. The van der Waals surface area contributed by atoms with Crippen molar-refractivity contribution in [1.29, 1.82) is 0 Å². The van der Waals surface area contributed by atoms with E-state index in [0.717, 1.165) is 18.9 Å². The summed E-state index contributed by atoms with van der Waals surface area (Å²) in [5, 5.41) is 21.9. The van der Waals surface area contributed by atoms with Crippen molar-refractivity contribution in [3.05, 3.63) is 23.8 Å². The van der Waals surface area contributed by atoms with E-state index < -0.39 is 82.1 Å². The van der Waals surface area contributed by atoms with Gasteiger partial charge in [0.15, 0.2) is 17.2 Å². The second-order valence-corrected chi connectivity index (χ2v) is 12.8. The highest BCUT2D eigenvalue weighted by Gasteiger charge is 2.79. The van der Waals surface area contributed by atoms with Crippen LogP contribution in [0.15, 0.2) is 23.8 Å². The number of unbranched alkanes of at least 4 members (excludes halogenated alkanes) is 1. The molecule has 2 N–H and O–H groups in total. The Labute approximate surface area is 228 Å². The number of fused-ring (bicyclic) bond motifs is 7. The predicted octanol–water partition coefficient (Wildman–Crippen LogP) is 3.13. The first kappa shape index (κ1) is 28.6. The fourth-order valence-corrected chi connectivity index (χ4v) is 9.64. The van der Waals surface area contributed by atoms with Gasteiger partial charge in [0.25, 0.3) is 0 Å². The molecule has 0 aromatic heterocycles. The molecule has 0 bridgehead atoms. The van der Waals surface area contributed by atoms with E-state index in [2.05, 4.69) is 0 Å². The quantitative estimate of drug-likeness (QED) is 0.471. The van der Waals surface area contributed by atoms with Gasteiger partial charge < -0.3 is 14.9 Å². The van der Waals surface area contributed by atoms with E-state index in [9.17, 15) is 24.6 Å². The van der Waals surface area contributed by atoms with E-state index in [1.807, 2.05) is 18.7 Å². The standard InChI is InChI=1S/C30H41F2NO6/c1-5-7-10-33-16-29(24(37)15-34)21(25(33)26(38)39-6-2)12-18-19-13-22(31)20-11-17(35)8-9-27(20,3)30(19,32)23(36)14-28(18,29)4/h8-9,11,18-19,21-23,25,34,36H,5-7,10,12-16H2,1-4H3/t18-,19-,21-,22-,23-,25?,27-,28-,29+,30-/m0/s1. The molecular weight excluding hydrogens is 508 g/mol. The maximum atomic E-state index is 17.6. The first-order valence-corrected chi connectivity index (χ1v) is 14.4. The van der Waals surface area contributed by atoms with Gasteiger partial charge in [-0.2, -0.15) is 0 Å². The number of ketones is 2. The van der Waals surface area contributed by atoms with Gasteiger partial charge in [0.1, 0.15) is 18.8 Å². The Kier molecular flexibility index (Phi) is 6.99. The third-order valence-corrected chi connectivity index (χ3v) is 11.4. The number of ether oxygens (including phenoxy) is 1. The van der Waals surface area contributed by atoms with Crippen LogP contribution in [0, 0.1) is 34.0 Å². The number of aliphatic hydroxyl groups is 2. The van der Waals surface area contributed by atoms with Crippen molar-refractivity contribution in [2.45, 2.75) is 83.8 Å². The summed E-state index contributed by atoms with van der Waals surface area (Å²) in [5.74, 6) is -3.33. The maximum Gasteiger partial charge on any atom is 0.323 e. The zero-order valence-corrected chi connectivity index (χ0v) is 23.3. The number of allylic oxidation sites excluding steroid dienone is 4. The largest absolute Gasteiger partial charge is 0.465 e. The topological polar surface area (TPSA) is 104 Å². The molecule has 3 saturated carbocycles. The lowest BCUT2D eigenvalue weighted by Gasteiger charge is -2.63. The van der Waals surface area contributed by atoms with Crippen LogP contribution in [0.5, 0.6) is 0 Å². The number of carbonyl (C=O) groups excluding carboxylic acids is 3. The van der Waals surface area contributed by atoms with Gasteiger partial charge in [-0.1, -0.05) is 26.3 Å². The number of Topliss-reactive ketones (excluding diaryl/α,β-unsaturated/α-hetero) is 1. The van der Waals surface area contributed by atoms with Crippen LogP contribution in [0.1, 0.15) is 59.8 Å². The minimum absolute atomic E-state index is 0.0471. The van der Waals surface area contributed by atoms with E-state index in [4.69, 9.17) is 4.74 Å². The van der Waals surface area contributed by atoms with Crippen LogP contribution in [-0.2, 0) is 19.1 Å². The Hall–Kier alpha value is -1.97. The lowest BCUT2D eigenvalue weighted by molar-refractivity contribution is -0.212. The van der Waals surface area contributed by atoms with Crippen LogP contribution in [0.2, 0.25) is 0 Å². The highest BCUT2D eigenvalue weighted by molar-refractivity contribution is 6.01. The van der Waals surface area contributed by atoms with Crippen molar-refractivity contribution in [3.8, 4) is 0 Å². The zero-order valence-electron chi connectivity index (χ0n) is 23.3. The average molecular weight is 550 g/mol. The van der Waals surface area contributed by atoms with Gasteiger partial charge >= 0.3 is 5.97 Å². The Morgan fingerprint density at radius 1 is 1.18 bits per heavy atom. The molecular formula is C30H41F2NO6. The van der Waals surface area contributed by atoms with Crippen LogP contribution in [0.25, 0.3) is 0 Å². The number of hydrogen-bond donors (Lipinski definition) is 2. The van der Waals surface area contributed by atoms with Gasteiger partial charge in [0.2, 0.25) is 0 Å². The summed E-state index contributed by atoms with van der Waals surface area (Å²) in [6.07, 6.45) is 2.32. The van der Waals surface area contributed by atoms with Gasteiger partial charge in [-0.3, -0.25) is 19.3 Å². The third kappa shape index (κ3) is 3.51. The Balaban J connectivity index is 1.65. The Morgan fingerprint density at radius 2 is 1.90 bits per heavy atom. The molecule has 1 heterocycles. The Morgan fingerprint density at radius 3 is 2.54 bits per heavy atom. The number of aliphatic hydroxyl groups excluding tert-OH is 2. The van der Waals surface area contributed by atoms with Crippen molar-refractivity contribution in [2.75, 3.05) is 26.3 Å². The van der Waals surface area contributed by atoms with Crippen LogP contribution < -0.4 is 0 Å². The molecule has 39 heavy (non-hydrogen) atoms. The van der Waals surface area contributed by atoms with Crippen molar-refractivity contribution in [2.24, 2.45) is 34.0 Å². The lowest BCUT2D eigenvalue weighted by Crippen LogP contribution is -2.69. The molecule has 1 saturated heterocycles. The Bertz CT molecular complexity index is 1120. The minimum Gasteiger partial charge on any atom is -0.465 e. The normalized spacial score (nSPS) is 46.7. The van der Waals surface area contributed by atoms with Crippen LogP contribution >= 0.6 is 0 Å². The first-order valence-electron chi connectivity index (χ1n) is 14.4. The van der Waals surface area contributed by atoms with Crippen LogP contribution in [-0.4, -0.2) is 82.9 Å². The molecule has 0 aromatic rings. The molecule has 4 fully saturated rings. The summed E-state index contributed by atoms with van der Waals surface area (Å²) >= 11 is 0. The van der Waals surface area contributed by atoms with Gasteiger partial charge in [0.05, 0.1) is 18.1 Å². The fourth-order valence-electron chi connectivity index (χ4n) is 9.64. The van der Waals surface area contributed by atoms with Gasteiger partial charge in [-0.15, -0.1) is 0 Å². The highest BCUT2D eigenvalue weighted by Crippen LogP contribution is 2.75. The van der Waals surface area contributed by atoms with E-state index in [1.165, 1.54) is 12.2 Å². The molecule has 7 nitrogen and oxygen atoms in total. The summed E-state index contributed by atoms with van der Waals surface area (Å²) in [6, 6.07) is -0.747. The van der Waals surface area contributed by atoms with Crippen molar-refractivity contribution in [3.63, 3.8) is 0 Å². The van der Waals surface area contributed by atoms with Crippen molar-refractivity contribution in [1.82, 2.24) is 4.90 Å². The predicted molar refractivity (Wildman–Crippen MR) is 139 cm³/mol. The summed E-state index contributed by atoms with van der Waals surface area (Å²) < 4.78 is 38.9.